The third-order valence-corrected chi connectivity index (χ3v) is 7.32. The van der Waals surface area contributed by atoms with Crippen LogP contribution in [0, 0.1) is 17.8 Å². The number of benzene rings is 1. The fraction of sp³-hybridized carbons (Fsp3) is 0.533. The molecule has 3 atom stereocenters. The van der Waals surface area contributed by atoms with Crippen molar-refractivity contribution in [1.82, 2.24) is 15.2 Å². The van der Waals surface area contributed by atoms with Crippen molar-refractivity contribution < 1.29 is 27.6 Å². The van der Waals surface area contributed by atoms with Gasteiger partial charge in [0.15, 0.2) is 0 Å². The Morgan fingerprint density at radius 2 is 1.80 bits per heavy atom. The summed E-state index contributed by atoms with van der Waals surface area (Å²) in [6, 6.07) is 5.95. The van der Waals surface area contributed by atoms with Crippen LogP contribution < -0.4 is 11.1 Å². The Bertz CT molecular complexity index is 1170. The van der Waals surface area contributed by atoms with Crippen LogP contribution in [0.3, 0.4) is 0 Å². The average Bonchev–Trinajstić information content (AvgIpc) is 3.06. The Morgan fingerprint density at radius 3 is 2.40 bits per heavy atom. The molecule has 1 aliphatic heterocycles. The number of carbonyl (C=O) groups is 3. The molecule has 218 valence electrons. The van der Waals surface area contributed by atoms with Crippen LogP contribution in [0.5, 0.6) is 0 Å². The summed E-state index contributed by atoms with van der Waals surface area (Å²) in [5.74, 6) is -2.07. The zero-order valence-electron chi connectivity index (χ0n) is 23.3. The van der Waals surface area contributed by atoms with E-state index in [-0.39, 0.29) is 24.3 Å². The van der Waals surface area contributed by atoms with E-state index in [2.05, 4.69) is 10.3 Å². The summed E-state index contributed by atoms with van der Waals surface area (Å²) in [5.41, 5.74) is 6.89. The quantitative estimate of drug-likeness (QED) is 0.388. The number of aromatic nitrogens is 1. The number of nitrogens with zero attached hydrogens (tertiary/aromatic N) is 2. The number of hydrogen-bond acceptors (Lipinski definition) is 4. The Morgan fingerprint density at radius 1 is 1.10 bits per heavy atom. The van der Waals surface area contributed by atoms with Crippen LogP contribution in [0.1, 0.15) is 70.4 Å². The Balaban J connectivity index is 1.75. The zero-order chi connectivity index (χ0) is 29.4. The first-order chi connectivity index (χ1) is 18.9. The van der Waals surface area contributed by atoms with Crippen LogP contribution in [0.25, 0.3) is 11.1 Å². The van der Waals surface area contributed by atoms with Crippen molar-refractivity contribution in [2.45, 2.75) is 78.1 Å². The molecule has 3 amide bonds. The maximum absolute atomic E-state index is 13.5. The molecule has 1 aromatic heterocycles. The number of halogens is 3. The number of likely N-dealkylation sites (tertiary alicyclic amines) is 1. The standard InChI is InChI=1S/C30H39F3N4O3/c1-4-7-24(27(34)38)25(14-19(2)3)28(39)36-26-8-5-6-13-37(29(26)40)18-20-15-22(17-35-16-20)21-9-11-23(12-10-21)30(31,32)33/h9-12,15-17,19,24-26H,4-8,13-14,18H2,1-3H3,(H2,34,38)(H,36,39). The van der Waals surface area contributed by atoms with Gasteiger partial charge >= 0.3 is 6.18 Å². The normalized spacial score (nSPS) is 17.8. The summed E-state index contributed by atoms with van der Waals surface area (Å²) in [5, 5.41) is 2.93. The molecule has 3 rings (SSSR count). The molecule has 1 aromatic carbocycles. The number of nitrogens with one attached hydrogen (secondary N) is 1. The highest BCUT2D eigenvalue weighted by Gasteiger charge is 2.36. The van der Waals surface area contributed by atoms with Crippen LogP contribution in [-0.4, -0.2) is 40.2 Å². The summed E-state index contributed by atoms with van der Waals surface area (Å²) in [6.07, 6.45) is 2.50. The monoisotopic (exact) mass is 560 g/mol. The molecule has 1 aliphatic rings. The molecule has 1 fully saturated rings. The summed E-state index contributed by atoms with van der Waals surface area (Å²) >= 11 is 0. The van der Waals surface area contributed by atoms with E-state index in [1.165, 1.54) is 12.1 Å². The number of nitrogens with two attached hydrogens (primary N) is 1. The second-order valence-electron chi connectivity index (χ2n) is 11.0. The van der Waals surface area contributed by atoms with Crippen molar-refractivity contribution in [1.29, 1.82) is 0 Å². The molecule has 0 radical (unpaired) electrons. The minimum absolute atomic E-state index is 0.167. The molecule has 0 spiro atoms. The van der Waals surface area contributed by atoms with Gasteiger partial charge in [0.25, 0.3) is 0 Å². The van der Waals surface area contributed by atoms with Gasteiger partial charge in [0.05, 0.1) is 5.56 Å². The summed E-state index contributed by atoms with van der Waals surface area (Å²) < 4.78 is 38.8. The van der Waals surface area contributed by atoms with E-state index >= 15 is 0 Å². The number of amides is 3. The number of primary amides is 1. The fourth-order valence-corrected chi connectivity index (χ4v) is 5.29. The van der Waals surface area contributed by atoms with Gasteiger partial charge in [0.2, 0.25) is 17.7 Å². The molecule has 7 nitrogen and oxygen atoms in total. The molecule has 1 saturated heterocycles. The van der Waals surface area contributed by atoms with Gasteiger partial charge in [-0.25, -0.2) is 0 Å². The van der Waals surface area contributed by atoms with Crippen LogP contribution in [-0.2, 0) is 27.1 Å². The van der Waals surface area contributed by atoms with Crippen LogP contribution in [0.2, 0.25) is 0 Å². The van der Waals surface area contributed by atoms with Crippen molar-refractivity contribution >= 4 is 17.7 Å². The van der Waals surface area contributed by atoms with E-state index in [4.69, 9.17) is 5.73 Å². The van der Waals surface area contributed by atoms with Gasteiger partial charge in [-0.05, 0) is 67.3 Å². The van der Waals surface area contributed by atoms with Gasteiger partial charge < -0.3 is 16.0 Å². The van der Waals surface area contributed by atoms with Crippen molar-refractivity contribution in [2.24, 2.45) is 23.5 Å². The summed E-state index contributed by atoms with van der Waals surface area (Å²) in [6.45, 7) is 6.66. The molecule has 0 saturated carbocycles. The van der Waals surface area contributed by atoms with Gasteiger partial charge in [0.1, 0.15) is 6.04 Å². The van der Waals surface area contributed by atoms with Gasteiger partial charge in [0, 0.05) is 42.9 Å². The van der Waals surface area contributed by atoms with Gasteiger partial charge in [-0.15, -0.1) is 0 Å². The minimum Gasteiger partial charge on any atom is -0.369 e. The molecule has 40 heavy (non-hydrogen) atoms. The lowest BCUT2D eigenvalue weighted by Gasteiger charge is -2.29. The molecule has 0 bridgehead atoms. The highest BCUT2D eigenvalue weighted by atomic mass is 19.4. The number of carbonyl (C=O) groups excluding carboxylic acids is 3. The fourth-order valence-electron chi connectivity index (χ4n) is 5.29. The largest absolute Gasteiger partial charge is 0.416 e. The maximum atomic E-state index is 13.5. The number of alkyl halides is 3. The molecule has 2 aromatic rings. The highest BCUT2D eigenvalue weighted by molar-refractivity contribution is 5.91. The van der Waals surface area contributed by atoms with E-state index in [0.29, 0.717) is 43.4 Å². The van der Waals surface area contributed by atoms with Crippen LogP contribution >= 0.6 is 0 Å². The first-order valence-electron chi connectivity index (χ1n) is 13.9. The number of hydrogen-bond donors (Lipinski definition) is 2. The molecule has 2 heterocycles. The molecule has 3 N–H and O–H groups in total. The van der Waals surface area contributed by atoms with E-state index in [1.807, 2.05) is 26.8 Å². The summed E-state index contributed by atoms with van der Waals surface area (Å²) in [7, 11) is 0. The first kappa shape index (κ1) is 31.1. The highest BCUT2D eigenvalue weighted by Crippen LogP contribution is 2.31. The third-order valence-electron chi connectivity index (χ3n) is 7.32. The smallest absolute Gasteiger partial charge is 0.369 e. The van der Waals surface area contributed by atoms with Crippen molar-refractivity contribution in [3.63, 3.8) is 0 Å². The number of rotatable bonds is 11. The lowest BCUT2D eigenvalue weighted by atomic mass is 9.81. The van der Waals surface area contributed by atoms with Crippen molar-refractivity contribution in [3.05, 3.63) is 53.9 Å². The van der Waals surface area contributed by atoms with Crippen molar-refractivity contribution in [3.8, 4) is 11.1 Å². The SMILES string of the molecule is CCCC(C(N)=O)C(CC(C)C)C(=O)NC1CCCCN(Cc2cncc(-c3ccc(C(F)(F)F)cc3)c2)C1=O. The Labute approximate surface area is 233 Å². The average molecular weight is 561 g/mol. The molecular formula is C30H39F3N4O3. The van der Waals surface area contributed by atoms with E-state index < -0.39 is 35.5 Å². The zero-order valence-corrected chi connectivity index (χ0v) is 23.3. The predicted octanol–water partition coefficient (Wildman–Crippen LogP) is 5.33. The number of pyridine rings is 1. The lowest BCUT2D eigenvalue weighted by molar-refractivity contribution is -0.139. The molecule has 0 aliphatic carbocycles. The van der Waals surface area contributed by atoms with Crippen LogP contribution in [0.15, 0.2) is 42.7 Å². The Hall–Kier alpha value is -3.43. The van der Waals surface area contributed by atoms with Gasteiger partial charge in [-0.2, -0.15) is 13.2 Å². The minimum atomic E-state index is -4.41. The predicted molar refractivity (Wildman–Crippen MR) is 146 cm³/mol. The second-order valence-corrected chi connectivity index (χ2v) is 11.0. The summed E-state index contributed by atoms with van der Waals surface area (Å²) in [4.78, 5) is 45.1. The van der Waals surface area contributed by atoms with Crippen molar-refractivity contribution in [2.75, 3.05) is 6.54 Å². The van der Waals surface area contributed by atoms with Crippen LogP contribution in [0.4, 0.5) is 13.2 Å². The third kappa shape index (κ3) is 8.29. The van der Waals surface area contributed by atoms with E-state index in [9.17, 15) is 27.6 Å². The lowest BCUT2D eigenvalue weighted by Crippen LogP contribution is -2.50. The second kappa shape index (κ2) is 13.8. The van der Waals surface area contributed by atoms with Gasteiger partial charge in [-0.1, -0.05) is 39.3 Å². The topological polar surface area (TPSA) is 105 Å². The molecular weight excluding hydrogens is 521 g/mol. The molecule has 3 unspecified atom stereocenters. The maximum Gasteiger partial charge on any atom is 0.416 e. The van der Waals surface area contributed by atoms with E-state index in [0.717, 1.165) is 30.5 Å². The first-order valence-corrected chi connectivity index (χ1v) is 13.9. The van der Waals surface area contributed by atoms with E-state index in [1.54, 1.807) is 17.3 Å². The van der Waals surface area contributed by atoms with Gasteiger partial charge in [-0.3, -0.25) is 19.4 Å². The Kier molecular flexibility index (Phi) is 10.7. The molecule has 10 heteroatoms.